The molecule has 8 nitrogen and oxygen atoms in total. The van der Waals surface area contributed by atoms with Gasteiger partial charge in [-0.15, -0.1) is 0 Å². The zero-order chi connectivity index (χ0) is 18.7. The number of nitrogens with zero attached hydrogens (tertiary/aromatic N) is 4. The highest BCUT2D eigenvalue weighted by Gasteiger charge is 2.18. The Bertz CT molecular complexity index is 974. The molecule has 8 heteroatoms. The van der Waals surface area contributed by atoms with Gasteiger partial charge in [0.15, 0.2) is 0 Å². The lowest BCUT2D eigenvalue weighted by atomic mass is 10.1. The maximum atomic E-state index is 12.4. The summed E-state index contributed by atoms with van der Waals surface area (Å²) in [5, 5.41) is 6.84. The number of carbonyl (C=O) groups excluding carboxylic acids is 1. The Morgan fingerprint density at radius 1 is 1.27 bits per heavy atom. The van der Waals surface area contributed by atoms with Crippen molar-refractivity contribution in [1.29, 1.82) is 0 Å². The summed E-state index contributed by atoms with van der Waals surface area (Å²) in [4.78, 5) is 35.8. The van der Waals surface area contributed by atoms with Crippen molar-refractivity contribution in [3.05, 3.63) is 64.1 Å². The number of aromatic amines is 1. The molecule has 0 spiro atoms. The van der Waals surface area contributed by atoms with E-state index in [1.54, 1.807) is 11.6 Å². The number of amides is 1. The number of hydrogen-bond acceptors (Lipinski definition) is 5. The lowest BCUT2D eigenvalue weighted by Crippen LogP contribution is -2.33. The summed E-state index contributed by atoms with van der Waals surface area (Å²) in [6, 6.07) is 7.21. The summed E-state index contributed by atoms with van der Waals surface area (Å²) in [5.41, 5.74) is 1.36. The van der Waals surface area contributed by atoms with E-state index < -0.39 is 11.5 Å². The van der Waals surface area contributed by atoms with Gasteiger partial charge in [0.05, 0.1) is 6.04 Å². The molecule has 0 saturated heterocycles. The Hall–Kier alpha value is -3.29. The molecule has 0 aliphatic carbocycles. The van der Waals surface area contributed by atoms with Crippen LogP contribution in [0.1, 0.15) is 41.6 Å². The van der Waals surface area contributed by atoms with Crippen LogP contribution in [0.2, 0.25) is 0 Å². The lowest BCUT2D eigenvalue weighted by Gasteiger charge is -2.13. The van der Waals surface area contributed by atoms with Gasteiger partial charge < -0.3 is 10.3 Å². The Balaban J connectivity index is 1.80. The van der Waals surface area contributed by atoms with Gasteiger partial charge in [0.2, 0.25) is 0 Å². The Morgan fingerprint density at radius 3 is 2.65 bits per heavy atom. The number of nitrogens with one attached hydrogen (secondary N) is 2. The topological polar surface area (TPSA) is 106 Å². The average molecular weight is 352 g/mol. The van der Waals surface area contributed by atoms with Gasteiger partial charge in [-0.1, -0.05) is 29.8 Å². The van der Waals surface area contributed by atoms with E-state index in [0.717, 1.165) is 11.1 Å². The van der Waals surface area contributed by atoms with Crippen LogP contribution in [-0.2, 0) is 6.54 Å². The summed E-state index contributed by atoms with van der Waals surface area (Å²) in [6.07, 6.45) is 2.73. The molecule has 0 saturated carbocycles. The maximum absolute atomic E-state index is 12.4. The highest BCUT2D eigenvalue weighted by molar-refractivity contribution is 5.93. The molecule has 134 valence electrons. The smallest absolute Gasteiger partial charge is 0.264 e. The van der Waals surface area contributed by atoms with Gasteiger partial charge in [0.1, 0.15) is 23.5 Å². The predicted molar refractivity (Wildman–Crippen MR) is 96.6 cm³/mol. The van der Waals surface area contributed by atoms with Gasteiger partial charge in [0, 0.05) is 18.3 Å². The van der Waals surface area contributed by atoms with Gasteiger partial charge >= 0.3 is 0 Å². The quantitative estimate of drug-likeness (QED) is 0.729. The molecular formula is C18H20N6O2. The molecule has 0 fully saturated rings. The fourth-order valence-electron chi connectivity index (χ4n) is 2.61. The molecule has 3 rings (SSSR count). The first-order valence-electron chi connectivity index (χ1n) is 8.34. The van der Waals surface area contributed by atoms with Crippen molar-refractivity contribution in [2.45, 2.75) is 33.4 Å². The van der Waals surface area contributed by atoms with Crippen LogP contribution in [-0.4, -0.2) is 30.6 Å². The molecule has 1 aromatic carbocycles. The lowest BCUT2D eigenvalue weighted by molar-refractivity contribution is 0.0935. The first kappa shape index (κ1) is 17.5. The van der Waals surface area contributed by atoms with E-state index in [9.17, 15) is 9.59 Å². The normalized spacial score (nSPS) is 12.0. The highest BCUT2D eigenvalue weighted by atomic mass is 16.2. The van der Waals surface area contributed by atoms with Gasteiger partial charge in [0.25, 0.3) is 11.5 Å². The SMILES string of the molecule is CCn1ncnc1C(C)NC(=O)c1cnc(-c2ccc(C)cc2)[nH]c1=O. The number of aromatic nitrogens is 5. The van der Waals surface area contributed by atoms with Gasteiger partial charge in [-0.05, 0) is 20.8 Å². The molecule has 0 radical (unpaired) electrons. The summed E-state index contributed by atoms with van der Waals surface area (Å²) in [5.74, 6) is 0.541. The standard InChI is InChI=1S/C18H20N6O2/c1-4-24-16(20-10-21-24)12(3)22-17(25)14-9-19-15(23-18(14)26)13-7-5-11(2)6-8-13/h5-10,12H,4H2,1-3H3,(H,22,25)(H,19,23,26). The minimum absolute atomic E-state index is 0.0460. The molecule has 2 heterocycles. The molecule has 1 amide bonds. The molecule has 0 aliphatic rings. The highest BCUT2D eigenvalue weighted by Crippen LogP contribution is 2.14. The fraction of sp³-hybridized carbons (Fsp3) is 0.278. The Labute approximate surface area is 150 Å². The molecule has 0 aliphatic heterocycles. The van der Waals surface area contributed by atoms with Crippen LogP contribution in [0.4, 0.5) is 0 Å². The minimum atomic E-state index is -0.507. The van der Waals surface area contributed by atoms with Crippen molar-refractivity contribution < 1.29 is 4.79 Å². The van der Waals surface area contributed by atoms with Crippen molar-refractivity contribution in [1.82, 2.24) is 30.0 Å². The van der Waals surface area contributed by atoms with Crippen LogP contribution in [0.25, 0.3) is 11.4 Å². The molecule has 3 aromatic rings. The second kappa shape index (κ2) is 7.30. The van der Waals surface area contributed by atoms with E-state index in [4.69, 9.17) is 0 Å². The van der Waals surface area contributed by atoms with E-state index in [0.29, 0.717) is 18.2 Å². The molecule has 26 heavy (non-hydrogen) atoms. The first-order chi connectivity index (χ1) is 12.5. The van der Waals surface area contributed by atoms with Gasteiger partial charge in [-0.3, -0.25) is 9.59 Å². The van der Waals surface area contributed by atoms with Crippen LogP contribution in [0, 0.1) is 6.92 Å². The number of aryl methyl sites for hydroxylation is 2. The number of H-pyrrole nitrogens is 1. The third-order valence-electron chi connectivity index (χ3n) is 4.05. The number of carbonyl (C=O) groups is 1. The van der Waals surface area contributed by atoms with Crippen LogP contribution in [0.15, 0.2) is 41.6 Å². The van der Waals surface area contributed by atoms with E-state index in [1.807, 2.05) is 38.1 Å². The number of benzene rings is 1. The van der Waals surface area contributed by atoms with E-state index in [1.165, 1.54) is 12.5 Å². The van der Waals surface area contributed by atoms with Crippen molar-refractivity contribution in [2.24, 2.45) is 0 Å². The minimum Gasteiger partial charge on any atom is -0.342 e. The van der Waals surface area contributed by atoms with Crippen molar-refractivity contribution >= 4 is 5.91 Å². The summed E-state index contributed by atoms with van der Waals surface area (Å²) >= 11 is 0. The summed E-state index contributed by atoms with van der Waals surface area (Å²) < 4.78 is 1.69. The monoisotopic (exact) mass is 352 g/mol. The molecule has 1 unspecified atom stereocenters. The molecule has 2 aromatic heterocycles. The molecule has 0 bridgehead atoms. The van der Waals surface area contributed by atoms with E-state index in [-0.39, 0.29) is 11.6 Å². The van der Waals surface area contributed by atoms with Crippen molar-refractivity contribution in [3.63, 3.8) is 0 Å². The second-order valence-corrected chi connectivity index (χ2v) is 5.97. The van der Waals surface area contributed by atoms with E-state index in [2.05, 4.69) is 25.4 Å². The summed E-state index contributed by atoms with van der Waals surface area (Å²) in [6.45, 7) is 6.35. The second-order valence-electron chi connectivity index (χ2n) is 5.97. The Morgan fingerprint density at radius 2 is 2.00 bits per heavy atom. The largest absolute Gasteiger partial charge is 0.342 e. The first-order valence-corrected chi connectivity index (χ1v) is 8.34. The van der Waals surface area contributed by atoms with Crippen LogP contribution < -0.4 is 10.9 Å². The average Bonchev–Trinajstić information content (AvgIpc) is 3.11. The molecular weight excluding hydrogens is 332 g/mol. The third-order valence-corrected chi connectivity index (χ3v) is 4.05. The van der Waals surface area contributed by atoms with Crippen LogP contribution in [0.5, 0.6) is 0 Å². The van der Waals surface area contributed by atoms with Crippen LogP contribution >= 0.6 is 0 Å². The van der Waals surface area contributed by atoms with Crippen molar-refractivity contribution in [2.75, 3.05) is 0 Å². The van der Waals surface area contributed by atoms with Crippen molar-refractivity contribution in [3.8, 4) is 11.4 Å². The zero-order valence-electron chi connectivity index (χ0n) is 14.9. The van der Waals surface area contributed by atoms with Gasteiger partial charge in [-0.25, -0.2) is 14.6 Å². The maximum Gasteiger partial charge on any atom is 0.264 e. The van der Waals surface area contributed by atoms with Crippen LogP contribution in [0.3, 0.4) is 0 Å². The third kappa shape index (κ3) is 3.53. The fourth-order valence-corrected chi connectivity index (χ4v) is 2.61. The Kier molecular flexibility index (Phi) is 4.92. The zero-order valence-corrected chi connectivity index (χ0v) is 14.9. The summed E-state index contributed by atoms with van der Waals surface area (Å²) in [7, 11) is 0. The predicted octanol–water partition coefficient (Wildman–Crippen LogP) is 1.85. The van der Waals surface area contributed by atoms with Gasteiger partial charge in [-0.2, -0.15) is 5.10 Å². The molecule has 2 N–H and O–H groups in total. The molecule has 1 atom stereocenters. The number of hydrogen-bond donors (Lipinski definition) is 2. The van der Waals surface area contributed by atoms with E-state index >= 15 is 0 Å². The number of rotatable bonds is 5.